The van der Waals surface area contributed by atoms with Crippen LogP contribution in [0.5, 0.6) is 0 Å². The van der Waals surface area contributed by atoms with E-state index in [0.29, 0.717) is 0 Å². The second-order valence-corrected chi connectivity index (χ2v) is 5.26. The average molecular weight is 313 g/mol. The smallest absolute Gasteiger partial charge is 0.243 e. The summed E-state index contributed by atoms with van der Waals surface area (Å²) in [6, 6.07) is 0. The van der Waals surface area contributed by atoms with Gasteiger partial charge in [0.2, 0.25) is 5.91 Å². The Labute approximate surface area is 115 Å². The quantitative estimate of drug-likeness (QED) is 0.685. The molecule has 1 heterocycles. The van der Waals surface area contributed by atoms with Gasteiger partial charge in [0.15, 0.2) is 0 Å². The number of nitrogens with one attached hydrogen (secondary N) is 1. The van der Waals surface area contributed by atoms with Crippen molar-refractivity contribution in [3.8, 4) is 0 Å². The van der Waals surface area contributed by atoms with E-state index >= 15 is 0 Å². The number of amides is 1. The summed E-state index contributed by atoms with van der Waals surface area (Å²) in [5.74, 6) is 0.170. The molecule has 1 aromatic rings. The van der Waals surface area contributed by atoms with Crippen LogP contribution in [0.1, 0.15) is 38.3 Å². The van der Waals surface area contributed by atoms with Gasteiger partial charge in [0.25, 0.3) is 0 Å². The Kier molecular flexibility index (Phi) is 4.52. The van der Waals surface area contributed by atoms with E-state index in [1.54, 1.807) is 12.4 Å². The molecule has 1 aliphatic rings. The van der Waals surface area contributed by atoms with Gasteiger partial charge in [0.1, 0.15) is 0 Å². The number of carbonyl (C=O) groups excluding carboxylic acids is 1. The highest BCUT2D eigenvalue weighted by Gasteiger charge is 2.22. The monoisotopic (exact) mass is 312 g/mol. The first kappa shape index (κ1) is 13.3. The lowest BCUT2D eigenvalue weighted by Crippen LogP contribution is -2.25. The third kappa shape index (κ3) is 2.98. The lowest BCUT2D eigenvalue weighted by molar-refractivity contribution is -0.124. The summed E-state index contributed by atoms with van der Waals surface area (Å²) in [6.45, 7) is 2.78. The molecule has 5 nitrogen and oxygen atoms in total. The molecule has 0 radical (unpaired) electrons. The van der Waals surface area contributed by atoms with Gasteiger partial charge >= 0.3 is 0 Å². The first-order valence-corrected chi connectivity index (χ1v) is 7.06. The van der Waals surface area contributed by atoms with Crippen molar-refractivity contribution in [2.24, 2.45) is 11.0 Å². The van der Waals surface area contributed by atoms with Gasteiger partial charge in [-0.05, 0) is 35.7 Å². The number of rotatable bonds is 4. The summed E-state index contributed by atoms with van der Waals surface area (Å²) in [5, 5.41) is 8.19. The second kappa shape index (κ2) is 6.13. The van der Waals surface area contributed by atoms with Crippen molar-refractivity contribution >= 4 is 28.1 Å². The van der Waals surface area contributed by atoms with Gasteiger partial charge in [-0.15, -0.1) is 0 Å². The zero-order valence-electron chi connectivity index (χ0n) is 10.4. The Morgan fingerprint density at radius 2 is 2.39 bits per heavy atom. The Morgan fingerprint density at radius 1 is 1.67 bits per heavy atom. The molecule has 1 fully saturated rings. The molecule has 6 heteroatoms. The molecular formula is C12H17BrN4O. The number of halogens is 1. The molecule has 1 aliphatic carbocycles. The molecule has 0 bridgehead atoms. The van der Waals surface area contributed by atoms with Crippen LogP contribution in [0.25, 0.3) is 0 Å². The van der Waals surface area contributed by atoms with Crippen LogP contribution in [-0.4, -0.2) is 21.9 Å². The molecule has 0 atom stereocenters. The maximum atomic E-state index is 11.8. The van der Waals surface area contributed by atoms with Crippen LogP contribution in [-0.2, 0) is 11.3 Å². The fourth-order valence-corrected chi connectivity index (χ4v) is 2.59. The first-order valence-electron chi connectivity index (χ1n) is 6.26. The Morgan fingerprint density at radius 3 is 3.06 bits per heavy atom. The SMILES string of the molecule is CCn1ncc(Br)c1/C=N/NC(=O)C1CCCC1. The Hall–Kier alpha value is -1.17. The minimum absolute atomic E-state index is 0.0300. The third-order valence-electron chi connectivity index (χ3n) is 3.22. The molecule has 0 saturated heterocycles. The largest absolute Gasteiger partial charge is 0.273 e. The highest BCUT2D eigenvalue weighted by Crippen LogP contribution is 2.24. The normalized spacial score (nSPS) is 16.6. The van der Waals surface area contributed by atoms with E-state index in [-0.39, 0.29) is 11.8 Å². The molecule has 0 aliphatic heterocycles. The van der Waals surface area contributed by atoms with Crippen molar-refractivity contribution in [1.29, 1.82) is 0 Å². The lowest BCUT2D eigenvalue weighted by atomic mass is 10.1. The van der Waals surface area contributed by atoms with Crippen molar-refractivity contribution in [3.05, 3.63) is 16.4 Å². The molecule has 1 N–H and O–H groups in total. The molecule has 0 unspecified atom stereocenters. The number of aromatic nitrogens is 2. The number of nitrogens with zero attached hydrogens (tertiary/aromatic N) is 3. The summed E-state index contributed by atoms with van der Waals surface area (Å²) in [5.41, 5.74) is 3.47. The van der Waals surface area contributed by atoms with Crippen LogP contribution in [0.4, 0.5) is 0 Å². The van der Waals surface area contributed by atoms with Crippen LogP contribution >= 0.6 is 15.9 Å². The summed E-state index contributed by atoms with van der Waals surface area (Å²) < 4.78 is 2.69. The second-order valence-electron chi connectivity index (χ2n) is 4.41. The third-order valence-corrected chi connectivity index (χ3v) is 3.83. The van der Waals surface area contributed by atoms with Gasteiger partial charge in [0, 0.05) is 12.5 Å². The zero-order chi connectivity index (χ0) is 13.0. The highest BCUT2D eigenvalue weighted by molar-refractivity contribution is 9.10. The van der Waals surface area contributed by atoms with Crippen molar-refractivity contribution in [1.82, 2.24) is 15.2 Å². The minimum Gasteiger partial charge on any atom is -0.273 e. The van der Waals surface area contributed by atoms with E-state index in [9.17, 15) is 4.79 Å². The van der Waals surface area contributed by atoms with Gasteiger partial charge in [-0.2, -0.15) is 10.2 Å². The minimum atomic E-state index is 0.0300. The van der Waals surface area contributed by atoms with Crippen LogP contribution in [0.3, 0.4) is 0 Å². The molecule has 98 valence electrons. The van der Waals surface area contributed by atoms with Crippen LogP contribution in [0.2, 0.25) is 0 Å². The standard InChI is InChI=1S/C12H17BrN4O/c1-2-17-11(10(13)7-15-17)8-14-16-12(18)9-5-3-4-6-9/h7-9H,2-6H2,1H3,(H,16,18)/b14-8+. The average Bonchev–Trinajstić information content (AvgIpc) is 3.00. The fraction of sp³-hybridized carbons (Fsp3) is 0.583. The topological polar surface area (TPSA) is 59.3 Å². The van der Waals surface area contributed by atoms with Crippen LogP contribution in [0.15, 0.2) is 15.8 Å². The predicted molar refractivity (Wildman–Crippen MR) is 73.3 cm³/mol. The first-order chi connectivity index (χ1) is 8.72. The number of hydrogen-bond acceptors (Lipinski definition) is 3. The molecule has 0 spiro atoms. The summed E-state index contributed by atoms with van der Waals surface area (Å²) >= 11 is 3.40. The van der Waals surface area contributed by atoms with Crippen LogP contribution < -0.4 is 5.43 Å². The molecule has 0 aromatic carbocycles. The number of hydrogen-bond donors (Lipinski definition) is 1. The van der Waals surface area contributed by atoms with Crippen molar-refractivity contribution in [2.45, 2.75) is 39.2 Å². The molecule has 1 aromatic heterocycles. The number of carbonyl (C=O) groups is 1. The van der Waals surface area contributed by atoms with Gasteiger partial charge in [-0.25, -0.2) is 5.43 Å². The van der Waals surface area contributed by atoms with Crippen LogP contribution in [0, 0.1) is 5.92 Å². The summed E-state index contributed by atoms with van der Waals surface area (Å²) in [7, 11) is 0. The molecule has 1 saturated carbocycles. The fourth-order valence-electron chi connectivity index (χ4n) is 2.19. The van der Waals surface area contributed by atoms with Crippen molar-refractivity contribution in [3.63, 3.8) is 0 Å². The van der Waals surface area contributed by atoms with E-state index in [0.717, 1.165) is 42.4 Å². The van der Waals surface area contributed by atoms with E-state index in [1.165, 1.54) is 0 Å². The van der Waals surface area contributed by atoms with Gasteiger partial charge in [-0.1, -0.05) is 12.8 Å². The van der Waals surface area contributed by atoms with Gasteiger partial charge in [-0.3, -0.25) is 9.48 Å². The molecule has 18 heavy (non-hydrogen) atoms. The molecule has 2 rings (SSSR count). The van der Waals surface area contributed by atoms with E-state index in [4.69, 9.17) is 0 Å². The summed E-state index contributed by atoms with van der Waals surface area (Å²) in [4.78, 5) is 11.8. The molecule has 1 amide bonds. The maximum absolute atomic E-state index is 11.8. The van der Waals surface area contributed by atoms with E-state index in [2.05, 4.69) is 31.6 Å². The van der Waals surface area contributed by atoms with Crippen molar-refractivity contribution < 1.29 is 4.79 Å². The van der Waals surface area contributed by atoms with Gasteiger partial charge in [0.05, 0.1) is 22.6 Å². The molecular weight excluding hydrogens is 296 g/mol. The lowest BCUT2D eigenvalue weighted by Gasteiger charge is -2.05. The predicted octanol–water partition coefficient (Wildman–Crippen LogP) is 2.31. The maximum Gasteiger partial charge on any atom is 0.243 e. The number of aryl methyl sites for hydroxylation is 1. The number of hydrazone groups is 1. The van der Waals surface area contributed by atoms with Crippen molar-refractivity contribution in [2.75, 3.05) is 0 Å². The zero-order valence-corrected chi connectivity index (χ0v) is 12.0. The van der Waals surface area contributed by atoms with Gasteiger partial charge < -0.3 is 0 Å². The summed E-state index contributed by atoms with van der Waals surface area (Å²) in [6.07, 6.45) is 7.62. The van der Waals surface area contributed by atoms with E-state index < -0.39 is 0 Å². The Bertz CT molecular complexity index is 449. The Balaban J connectivity index is 1.94. The van der Waals surface area contributed by atoms with E-state index in [1.807, 2.05) is 11.6 Å². The highest BCUT2D eigenvalue weighted by atomic mass is 79.9.